The van der Waals surface area contributed by atoms with E-state index < -0.39 is 16.4 Å². The molecule has 1 aromatic rings. The van der Waals surface area contributed by atoms with E-state index in [1.54, 1.807) is 11.0 Å². The topological polar surface area (TPSA) is 72.4 Å². The smallest absolute Gasteiger partial charge is 0.410 e. The lowest BCUT2D eigenvalue weighted by Gasteiger charge is -2.33. The third kappa shape index (κ3) is 5.57. The first-order valence-corrected chi connectivity index (χ1v) is 9.23. The Labute approximate surface area is 140 Å². The van der Waals surface area contributed by atoms with Crippen LogP contribution in [0, 0.1) is 12.8 Å². The van der Waals surface area contributed by atoms with Gasteiger partial charge in [-0.1, -0.05) is 0 Å². The molecule has 128 valence electrons. The number of carbonyl (C=O) groups excluding carboxylic acids is 1. The number of aromatic nitrogens is 2. The Bertz CT molecular complexity index is 561. The molecule has 0 N–H and O–H groups in total. The predicted octanol–water partition coefficient (Wildman–Crippen LogP) is 2.54. The van der Waals surface area contributed by atoms with E-state index in [1.165, 1.54) is 0 Å². The Morgan fingerprint density at radius 3 is 2.48 bits per heavy atom. The third-order valence-electron chi connectivity index (χ3n) is 3.66. The highest BCUT2D eigenvalue weighted by atomic mass is 32.2. The van der Waals surface area contributed by atoms with E-state index in [4.69, 9.17) is 4.74 Å². The number of piperidine rings is 1. The van der Waals surface area contributed by atoms with Gasteiger partial charge in [-0.2, -0.15) is 5.10 Å². The molecule has 0 aliphatic carbocycles. The molecule has 1 unspecified atom stereocenters. The maximum absolute atomic E-state index is 12.3. The first kappa shape index (κ1) is 17.8. The van der Waals surface area contributed by atoms with Gasteiger partial charge in [-0.05, 0) is 58.6 Å². The van der Waals surface area contributed by atoms with Crippen LogP contribution >= 0.6 is 0 Å². The number of rotatable bonds is 3. The van der Waals surface area contributed by atoms with Crippen molar-refractivity contribution in [3.8, 4) is 0 Å². The molecule has 0 radical (unpaired) electrons. The second kappa shape index (κ2) is 7.38. The summed E-state index contributed by atoms with van der Waals surface area (Å²) in [6.07, 6.45) is 1.41. The van der Waals surface area contributed by atoms with Crippen LogP contribution in [0.4, 0.5) is 4.79 Å². The summed E-state index contributed by atoms with van der Waals surface area (Å²) in [4.78, 5) is 13.8. The monoisotopic (exact) mass is 339 g/mol. The molecular weight excluding hydrogens is 314 g/mol. The fourth-order valence-electron chi connectivity index (χ4n) is 2.42. The first-order chi connectivity index (χ1) is 10.7. The van der Waals surface area contributed by atoms with Crippen molar-refractivity contribution in [3.63, 3.8) is 0 Å². The van der Waals surface area contributed by atoms with Crippen molar-refractivity contribution < 1.29 is 13.7 Å². The molecule has 23 heavy (non-hydrogen) atoms. The minimum absolute atomic E-state index is 0.263. The van der Waals surface area contributed by atoms with Crippen molar-refractivity contribution in [2.24, 2.45) is 5.92 Å². The van der Waals surface area contributed by atoms with Crippen molar-refractivity contribution in [1.29, 1.82) is 0 Å². The SMILES string of the molecule is Cc1ccc(S(=O)CC2CCN(C(=O)OC(C)(C)C)CC2)nn1. The number of nitrogens with zero attached hydrogens (tertiary/aromatic N) is 3. The van der Waals surface area contributed by atoms with Gasteiger partial charge >= 0.3 is 6.09 Å². The summed E-state index contributed by atoms with van der Waals surface area (Å²) < 4.78 is 17.7. The van der Waals surface area contributed by atoms with Crippen LogP contribution < -0.4 is 0 Å². The van der Waals surface area contributed by atoms with E-state index in [9.17, 15) is 9.00 Å². The van der Waals surface area contributed by atoms with Crippen molar-refractivity contribution in [2.75, 3.05) is 18.8 Å². The molecule has 2 heterocycles. The highest BCUT2D eigenvalue weighted by molar-refractivity contribution is 7.84. The van der Waals surface area contributed by atoms with Gasteiger partial charge < -0.3 is 9.64 Å². The van der Waals surface area contributed by atoms with E-state index in [0.29, 0.717) is 29.8 Å². The summed E-state index contributed by atoms with van der Waals surface area (Å²) in [5, 5.41) is 8.48. The van der Waals surface area contributed by atoms with Gasteiger partial charge in [0.2, 0.25) is 0 Å². The lowest BCUT2D eigenvalue weighted by molar-refractivity contribution is 0.0191. The quantitative estimate of drug-likeness (QED) is 0.846. The second-order valence-corrected chi connectivity index (χ2v) is 8.38. The molecule has 1 amide bonds. The molecule has 1 saturated heterocycles. The molecular formula is C16H25N3O3S. The second-order valence-electron chi connectivity index (χ2n) is 6.94. The summed E-state index contributed by atoms with van der Waals surface area (Å²) >= 11 is 0. The van der Waals surface area contributed by atoms with Crippen molar-refractivity contribution >= 4 is 16.9 Å². The van der Waals surface area contributed by atoms with Crippen LogP contribution in [0.1, 0.15) is 39.3 Å². The van der Waals surface area contributed by atoms with Gasteiger partial charge in [0.15, 0.2) is 0 Å². The average molecular weight is 339 g/mol. The Balaban J connectivity index is 1.81. The first-order valence-electron chi connectivity index (χ1n) is 7.91. The van der Waals surface area contributed by atoms with Crippen LogP contribution in [0.5, 0.6) is 0 Å². The zero-order valence-electron chi connectivity index (χ0n) is 14.2. The number of hydrogen-bond donors (Lipinski definition) is 0. The molecule has 6 nitrogen and oxygen atoms in total. The van der Waals surface area contributed by atoms with E-state index in [2.05, 4.69) is 10.2 Å². The van der Waals surface area contributed by atoms with Gasteiger partial charge in [0, 0.05) is 18.8 Å². The number of amides is 1. The van der Waals surface area contributed by atoms with Gasteiger partial charge in [0.25, 0.3) is 0 Å². The Hall–Kier alpha value is -1.50. The maximum Gasteiger partial charge on any atom is 0.410 e. The van der Waals surface area contributed by atoms with E-state index in [0.717, 1.165) is 18.5 Å². The Kier molecular flexibility index (Phi) is 5.73. The molecule has 1 aliphatic rings. The van der Waals surface area contributed by atoms with Gasteiger partial charge in [0.1, 0.15) is 10.6 Å². The summed E-state index contributed by atoms with van der Waals surface area (Å²) in [5.41, 5.74) is 0.343. The van der Waals surface area contributed by atoms with Gasteiger partial charge in [0.05, 0.1) is 16.5 Å². The lowest BCUT2D eigenvalue weighted by Crippen LogP contribution is -2.42. The molecule has 0 saturated carbocycles. The van der Waals surface area contributed by atoms with E-state index >= 15 is 0 Å². The molecule has 1 fully saturated rings. The zero-order chi connectivity index (χ0) is 17.0. The standard InChI is InChI=1S/C16H25N3O3S/c1-12-5-6-14(18-17-12)23(21)11-13-7-9-19(10-8-13)15(20)22-16(2,3)4/h5-6,13H,7-11H2,1-4H3. The number of hydrogen-bond acceptors (Lipinski definition) is 5. The highest BCUT2D eigenvalue weighted by Gasteiger charge is 2.27. The summed E-state index contributed by atoms with van der Waals surface area (Å²) in [5.74, 6) is 0.900. The maximum atomic E-state index is 12.3. The van der Waals surface area contributed by atoms with Crippen LogP contribution in [-0.4, -0.2) is 49.8 Å². The molecule has 0 spiro atoms. The summed E-state index contributed by atoms with van der Waals surface area (Å²) in [7, 11) is -1.14. The zero-order valence-corrected chi connectivity index (χ0v) is 15.1. The summed E-state index contributed by atoms with van der Waals surface area (Å²) in [6, 6.07) is 3.60. The van der Waals surface area contributed by atoms with Crippen LogP contribution in [0.2, 0.25) is 0 Å². The number of likely N-dealkylation sites (tertiary alicyclic amines) is 1. The molecule has 1 aromatic heterocycles. The van der Waals surface area contributed by atoms with Gasteiger partial charge in [-0.25, -0.2) is 4.79 Å². The third-order valence-corrected chi connectivity index (χ3v) is 5.12. The average Bonchev–Trinajstić information content (AvgIpc) is 2.46. The van der Waals surface area contributed by atoms with Crippen molar-refractivity contribution in [1.82, 2.24) is 15.1 Å². The van der Waals surface area contributed by atoms with Gasteiger partial charge in [-0.3, -0.25) is 4.21 Å². The molecule has 2 rings (SSSR count). The number of carbonyl (C=O) groups is 1. The molecule has 1 atom stereocenters. The molecule has 1 aliphatic heterocycles. The Morgan fingerprint density at radius 2 is 1.96 bits per heavy atom. The normalized spacial score (nSPS) is 17.8. The number of ether oxygens (including phenoxy) is 1. The minimum Gasteiger partial charge on any atom is -0.444 e. The fraction of sp³-hybridized carbons (Fsp3) is 0.688. The predicted molar refractivity (Wildman–Crippen MR) is 88.6 cm³/mol. The largest absolute Gasteiger partial charge is 0.444 e. The lowest BCUT2D eigenvalue weighted by atomic mass is 9.99. The van der Waals surface area contributed by atoms with Crippen molar-refractivity contribution in [3.05, 3.63) is 17.8 Å². The Morgan fingerprint density at radius 1 is 1.30 bits per heavy atom. The minimum atomic E-state index is -1.14. The molecule has 0 aromatic carbocycles. The van der Waals surface area contributed by atoms with E-state index in [-0.39, 0.29) is 6.09 Å². The van der Waals surface area contributed by atoms with E-state index in [1.807, 2.05) is 33.8 Å². The van der Waals surface area contributed by atoms with Crippen LogP contribution in [0.25, 0.3) is 0 Å². The van der Waals surface area contributed by atoms with Crippen molar-refractivity contribution in [2.45, 2.75) is 51.2 Å². The summed E-state index contributed by atoms with van der Waals surface area (Å²) in [6.45, 7) is 8.75. The highest BCUT2D eigenvalue weighted by Crippen LogP contribution is 2.21. The molecule has 0 bridgehead atoms. The molecule has 7 heteroatoms. The fourth-order valence-corrected chi connectivity index (χ4v) is 3.70. The van der Waals surface area contributed by atoms with Crippen LogP contribution in [-0.2, 0) is 15.5 Å². The number of aryl methyl sites for hydroxylation is 1. The van der Waals surface area contributed by atoms with Gasteiger partial charge in [-0.15, -0.1) is 5.10 Å². The van der Waals surface area contributed by atoms with Crippen LogP contribution in [0.15, 0.2) is 17.2 Å². The van der Waals surface area contributed by atoms with Crippen LogP contribution in [0.3, 0.4) is 0 Å².